The Morgan fingerprint density at radius 1 is 1.17 bits per heavy atom. The van der Waals surface area contributed by atoms with Crippen molar-refractivity contribution < 1.29 is 13.9 Å². The monoisotopic (exact) mass is 328 g/mol. The van der Waals surface area contributed by atoms with E-state index in [0.29, 0.717) is 5.69 Å². The van der Waals surface area contributed by atoms with Crippen LogP contribution in [-0.2, 0) is 11.3 Å². The minimum Gasteiger partial charge on any atom is -0.445 e. The lowest BCUT2D eigenvalue weighted by molar-refractivity contribution is 0.129. The van der Waals surface area contributed by atoms with Gasteiger partial charge in [0.25, 0.3) is 0 Å². The molecule has 0 heterocycles. The largest absolute Gasteiger partial charge is 0.445 e. The molecule has 2 N–H and O–H groups in total. The fraction of sp³-hybridized carbons (Fsp3) is 0.316. The van der Waals surface area contributed by atoms with Crippen LogP contribution in [0.4, 0.5) is 14.9 Å². The topological polar surface area (TPSA) is 50.4 Å². The van der Waals surface area contributed by atoms with E-state index in [1.807, 2.05) is 37.3 Å². The van der Waals surface area contributed by atoms with Gasteiger partial charge in [-0.05, 0) is 43.0 Å². The predicted molar refractivity (Wildman–Crippen MR) is 91.3 cm³/mol. The van der Waals surface area contributed by atoms with Crippen molar-refractivity contribution in [3.63, 3.8) is 0 Å². The van der Waals surface area contributed by atoms with Crippen LogP contribution in [0.5, 0.6) is 0 Å². The van der Waals surface area contributed by atoms with E-state index in [1.165, 1.54) is 6.07 Å². The van der Waals surface area contributed by atoms with Crippen molar-refractivity contribution in [1.82, 2.24) is 5.32 Å². The Labute approximate surface area is 141 Å². The van der Waals surface area contributed by atoms with Crippen LogP contribution < -0.4 is 10.6 Å². The summed E-state index contributed by atoms with van der Waals surface area (Å²) in [6, 6.07) is 14.8. The zero-order chi connectivity index (χ0) is 16.9. The first-order valence-electron chi connectivity index (χ1n) is 8.10. The van der Waals surface area contributed by atoms with Gasteiger partial charge in [-0.15, -0.1) is 0 Å². The maximum absolute atomic E-state index is 13.7. The smallest absolute Gasteiger partial charge is 0.407 e. The summed E-state index contributed by atoms with van der Waals surface area (Å²) in [6.07, 6.45) is 1.10. The maximum Gasteiger partial charge on any atom is 0.407 e. The molecule has 0 radical (unpaired) electrons. The fourth-order valence-corrected chi connectivity index (χ4v) is 2.75. The number of amides is 1. The van der Waals surface area contributed by atoms with E-state index in [2.05, 4.69) is 10.6 Å². The number of hydrogen-bond donors (Lipinski definition) is 2. The summed E-state index contributed by atoms with van der Waals surface area (Å²) < 4.78 is 18.9. The summed E-state index contributed by atoms with van der Waals surface area (Å²) in [5, 5.41) is 6.01. The van der Waals surface area contributed by atoms with Gasteiger partial charge in [0, 0.05) is 12.1 Å². The summed E-state index contributed by atoms with van der Waals surface area (Å²) >= 11 is 0. The van der Waals surface area contributed by atoms with Gasteiger partial charge in [0.2, 0.25) is 0 Å². The third-order valence-electron chi connectivity index (χ3n) is 4.15. The molecule has 24 heavy (non-hydrogen) atoms. The van der Waals surface area contributed by atoms with Crippen molar-refractivity contribution in [2.75, 3.05) is 5.32 Å². The lowest BCUT2D eigenvalue weighted by Gasteiger charge is -2.36. The Morgan fingerprint density at radius 2 is 1.92 bits per heavy atom. The number of benzene rings is 2. The SMILES string of the molecule is Cc1ccc(F)c(NC2CC(NC(=O)OCc3ccccc3)C2)c1. The third kappa shape index (κ3) is 4.25. The van der Waals surface area contributed by atoms with E-state index in [9.17, 15) is 9.18 Å². The Balaban J connectivity index is 1.39. The first-order chi connectivity index (χ1) is 11.6. The van der Waals surface area contributed by atoms with Gasteiger partial charge in [0.05, 0.1) is 5.69 Å². The molecular weight excluding hydrogens is 307 g/mol. The number of hydrogen-bond acceptors (Lipinski definition) is 3. The second kappa shape index (κ2) is 7.34. The molecule has 3 rings (SSSR count). The van der Waals surface area contributed by atoms with E-state index in [4.69, 9.17) is 4.74 Å². The first kappa shape index (κ1) is 16.3. The molecule has 0 atom stereocenters. The Kier molecular flexibility index (Phi) is 4.99. The molecule has 2 aromatic rings. The molecule has 0 spiro atoms. The van der Waals surface area contributed by atoms with Crippen molar-refractivity contribution >= 4 is 11.8 Å². The average Bonchev–Trinajstić information content (AvgIpc) is 2.55. The van der Waals surface area contributed by atoms with E-state index in [-0.39, 0.29) is 24.5 Å². The second-order valence-corrected chi connectivity index (χ2v) is 6.20. The summed E-state index contributed by atoms with van der Waals surface area (Å²) in [5.74, 6) is -0.251. The maximum atomic E-state index is 13.7. The molecule has 1 amide bonds. The number of ether oxygens (including phenoxy) is 1. The van der Waals surface area contributed by atoms with Gasteiger partial charge in [-0.25, -0.2) is 9.18 Å². The standard InChI is InChI=1S/C19H21FN2O2/c1-13-7-8-17(20)18(9-13)21-15-10-16(11-15)22-19(23)24-12-14-5-3-2-4-6-14/h2-9,15-16,21H,10-12H2,1H3,(H,22,23). The highest BCUT2D eigenvalue weighted by molar-refractivity contribution is 5.67. The minimum atomic E-state index is -0.413. The molecule has 1 fully saturated rings. The average molecular weight is 328 g/mol. The van der Waals surface area contributed by atoms with Gasteiger partial charge < -0.3 is 15.4 Å². The van der Waals surface area contributed by atoms with Crippen molar-refractivity contribution in [3.8, 4) is 0 Å². The molecule has 0 bridgehead atoms. The highest BCUT2D eigenvalue weighted by Crippen LogP contribution is 2.26. The van der Waals surface area contributed by atoms with E-state index < -0.39 is 6.09 Å². The van der Waals surface area contributed by atoms with Gasteiger partial charge in [-0.3, -0.25) is 0 Å². The summed E-state index contributed by atoms with van der Waals surface area (Å²) in [6.45, 7) is 2.19. The number of carbonyl (C=O) groups excluding carboxylic acids is 1. The van der Waals surface area contributed by atoms with Gasteiger partial charge in [-0.1, -0.05) is 36.4 Å². The zero-order valence-electron chi connectivity index (χ0n) is 13.6. The third-order valence-corrected chi connectivity index (χ3v) is 4.15. The molecule has 4 nitrogen and oxygen atoms in total. The number of carbonyl (C=O) groups is 1. The lowest BCUT2D eigenvalue weighted by atomic mass is 9.86. The number of alkyl carbamates (subject to hydrolysis) is 1. The van der Waals surface area contributed by atoms with Crippen LogP contribution in [0.25, 0.3) is 0 Å². The van der Waals surface area contributed by atoms with Crippen LogP contribution in [0, 0.1) is 12.7 Å². The van der Waals surface area contributed by atoms with Gasteiger partial charge in [0.1, 0.15) is 12.4 Å². The highest BCUT2D eigenvalue weighted by atomic mass is 19.1. The van der Waals surface area contributed by atoms with Gasteiger partial charge >= 0.3 is 6.09 Å². The molecule has 0 unspecified atom stereocenters. The normalized spacial score (nSPS) is 19.2. The quantitative estimate of drug-likeness (QED) is 0.872. The number of anilines is 1. The molecule has 1 saturated carbocycles. The zero-order valence-corrected chi connectivity index (χ0v) is 13.6. The van der Waals surface area contributed by atoms with Crippen LogP contribution in [0.2, 0.25) is 0 Å². The fourth-order valence-electron chi connectivity index (χ4n) is 2.75. The van der Waals surface area contributed by atoms with Crippen LogP contribution in [0.15, 0.2) is 48.5 Å². The van der Waals surface area contributed by atoms with Crippen molar-refractivity contribution in [2.24, 2.45) is 0 Å². The summed E-state index contributed by atoms with van der Waals surface area (Å²) in [5.41, 5.74) is 2.48. The highest BCUT2D eigenvalue weighted by Gasteiger charge is 2.31. The summed E-state index contributed by atoms with van der Waals surface area (Å²) in [4.78, 5) is 11.8. The molecule has 1 aliphatic carbocycles. The molecule has 1 aliphatic rings. The molecule has 0 saturated heterocycles. The van der Waals surface area contributed by atoms with E-state index >= 15 is 0 Å². The lowest BCUT2D eigenvalue weighted by Crippen LogP contribution is -2.49. The number of halogens is 1. The van der Waals surface area contributed by atoms with Crippen molar-refractivity contribution in [1.29, 1.82) is 0 Å². The molecule has 5 heteroatoms. The van der Waals surface area contributed by atoms with Crippen LogP contribution in [0.1, 0.15) is 24.0 Å². The molecule has 0 aliphatic heterocycles. The van der Waals surface area contributed by atoms with E-state index in [1.54, 1.807) is 12.1 Å². The van der Waals surface area contributed by atoms with Crippen LogP contribution >= 0.6 is 0 Å². The number of nitrogens with one attached hydrogen (secondary N) is 2. The molecular formula is C19H21FN2O2. The van der Waals surface area contributed by atoms with Crippen molar-refractivity contribution in [2.45, 2.75) is 38.5 Å². The first-order valence-corrected chi connectivity index (χ1v) is 8.10. The number of rotatable bonds is 5. The second-order valence-electron chi connectivity index (χ2n) is 6.20. The molecule has 0 aromatic heterocycles. The number of aryl methyl sites for hydroxylation is 1. The Bertz CT molecular complexity index is 700. The summed E-state index contributed by atoms with van der Waals surface area (Å²) in [7, 11) is 0. The Hall–Kier alpha value is -2.56. The van der Waals surface area contributed by atoms with Gasteiger partial charge in [0.15, 0.2) is 0 Å². The van der Waals surface area contributed by atoms with E-state index in [0.717, 1.165) is 24.0 Å². The minimum absolute atomic E-state index is 0.0682. The molecule has 2 aromatic carbocycles. The van der Waals surface area contributed by atoms with Crippen molar-refractivity contribution in [3.05, 3.63) is 65.5 Å². The van der Waals surface area contributed by atoms with Crippen LogP contribution in [-0.4, -0.2) is 18.2 Å². The Morgan fingerprint density at radius 3 is 2.67 bits per heavy atom. The molecule has 126 valence electrons. The van der Waals surface area contributed by atoms with Gasteiger partial charge in [-0.2, -0.15) is 0 Å². The van der Waals surface area contributed by atoms with Crippen LogP contribution in [0.3, 0.4) is 0 Å². The predicted octanol–water partition coefficient (Wildman–Crippen LogP) is 4.00.